The second-order valence-electron chi connectivity index (χ2n) is 5.56. The van der Waals surface area contributed by atoms with E-state index in [9.17, 15) is 14.0 Å². The summed E-state index contributed by atoms with van der Waals surface area (Å²) in [7, 11) is 0. The van der Waals surface area contributed by atoms with Crippen LogP contribution in [0, 0.1) is 11.7 Å². The van der Waals surface area contributed by atoms with Crippen LogP contribution < -0.4 is 0 Å². The van der Waals surface area contributed by atoms with Crippen molar-refractivity contribution in [1.29, 1.82) is 0 Å². The average Bonchev–Trinajstić information content (AvgIpc) is 3.06. The molecule has 2 fully saturated rings. The normalized spacial score (nSPS) is 26.2. The molecule has 1 saturated carbocycles. The molecule has 5 heteroatoms. The van der Waals surface area contributed by atoms with Crippen molar-refractivity contribution in [2.24, 2.45) is 5.92 Å². The third kappa shape index (κ3) is 2.32. The number of aromatic nitrogens is 1. The quantitative estimate of drug-likeness (QED) is 0.832. The zero-order valence-electron chi connectivity index (χ0n) is 11.2. The maximum Gasteiger partial charge on any atom is 0.255 e. The lowest BCUT2D eigenvalue weighted by molar-refractivity contribution is -0.121. The zero-order chi connectivity index (χ0) is 14.1. The Balaban J connectivity index is 1.81. The topological polar surface area (TPSA) is 50.3 Å². The van der Waals surface area contributed by atoms with E-state index < -0.39 is 5.82 Å². The van der Waals surface area contributed by atoms with E-state index in [4.69, 9.17) is 0 Å². The number of hydrogen-bond donors (Lipinski definition) is 0. The van der Waals surface area contributed by atoms with Crippen molar-refractivity contribution >= 4 is 11.7 Å². The highest BCUT2D eigenvalue weighted by molar-refractivity contribution is 5.95. The van der Waals surface area contributed by atoms with Gasteiger partial charge >= 0.3 is 0 Å². The van der Waals surface area contributed by atoms with Crippen LogP contribution in [0.2, 0.25) is 0 Å². The molecule has 0 bridgehead atoms. The fourth-order valence-corrected chi connectivity index (χ4v) is 3.41. The fourth-order valence-electron chi connectivity index (χ4n) is 3.41. The number of halogens is 1. The molecule has 1 amide bonds. The van der Waals surface area contributed by atoms with Crippen LogP contribution in [-0.4, -0.2) is 34.2 Å². The van der Waals surface area contributed by atoms with Gasteiger partial charge in [-0.3, -0.25) is 14.6 Å². The first-order valence-electron chi connectivity index (χ1n) is 7.11. The fraction of sp³-hybridized carbons (Fsp3) is 0.533. The van der Waals surface area contributed by atoms with Gasteiger partial charge < -0.3 is 4.90 Å². The summed E-state index contributed by atoms with van der Waals surface area (Å²) in [6.07, 6.45) is 6.66. The smallest absolute Gasteiger partial charge is 0.255 e. The van der Waals surface area contributed by atoms with E-state index in [2.05, 4.69) is 4.98 Å². The molecule has 1 aliphatic heterocycles. The minimum atomic E-state index is -0.511. The van der Waals surface area contributed by atoms with Crippen molar-refractivity contribution in [2.45, 2.75) is 38.1 Å². The number of nitrogens with zero attached hydrogens (tertiary/aromatic N) is 2. The molecule has 3 rings (SSSR count). The third-order valence-corrected chi connectivity index (χ3v) is 4.33. The number of pyridine rings is 1. The van der Waals surface area contributed by atoms with E-state index in [1.54, 1.807) is 4.90 Å². The molecule has 2 atom stereocenters. The maximum absolute atomic E-state index is 13.2. The number of carbonyl (C=O) groups is 2. The van der Waals surface area contributed by atoms with Crippen LogP contribution >= 0.6 is 0 Å². The van der Waals surface area contributed by atoms with Gasteiger partial charge in [0.25, 0.3) is 5.91 Å². The molecule has 0 N–H and O–H groups in total. The lowest BCUT2D eigenvalue weighted by Gasteiger charge is -2.28. The third-order valence-electron chi connectivity index (χ3n) is 4.33. The molecule has 1 saturated heterocycles. The van der Waals surface area contributed by atoms with E-state index in [1.807, 2.05) is 0 Å². The Labute approximate surface area is 117 Å². The molecule has 106 valence electrons. The molecule has 4 nitrogen and oxygen atoms in total. The lowest BCUT2D eigenvalue weighted by atomic mass is 9.95. The summed E-state index contributed by atoms with van der Waals surface area (Å²) < 4.78 is 13.2. The van der Waals surface area contributed by atoms with Gasteiger partial charge in [-0.15, -0.1) is 0 Å². The summed E-state index contributed by atoms with van der Waals surface area (Å²) in [5, 5.41) is 0. The molecule has 2 heterocycles. The molecule has 0 aromatic carbocycles. The van der Waals surface area contributed by atoms with Crippen LogP contribution in [0.4, 0.5) is 4.39 Å². The number of rotatable bonds is 2. The van der Waals surface area contributed by atoms with E-state index in [0.717, 1.165) is 31.9 Å². The van der Waals surface area contributed by atoms with Gasteiger partial charge in [0, 0.05) is 31.1 Å². The Morgan fingerprint density at radius 2 is 2.15 bits per heavy atom. The molecule has 0 radical (unpaired) electrons. The summed E-state index contributed by atoms with van der Waals surface area (Å²) >= 11 is 0. The largest absolute Gasteiger partial charge is 0.335 e. The van der Waals surface area contributed by atoms with Crippen molar-refractivity contribution in [3.05, 3.63) is 29.8 Å². The Kier molecular flexibility index (Phi) is 3.51. The van der Waals surface area contributed by atoms with E-state index in [0.29, 0.717) is 13.0 Å². The summed E-state index contributed by atoms with van der Waals surface area (Å²) in [5.41, 5.74) is 0.266. The van der Waals surface area contributed by atoms with Crippen molar-refractivity contribution in [1.82, 2.24) is 9.88 Å². The highest BCUT2D eigenvalue weighted by Crippen LogP contribution is 2.34. The summed E-state index contributed by atoms with van der Waals surface area (Å²) in [5.74, 6) is -0.474. The van der Waals surface area contributed by atoms with Gasteiger partial charge in [-0.25, -0.2) is 4.39 Å². The molecule has 2 aliphatic rings. The Morgan fingerprint density at radius 1 is 1.30 bits per heavy atom. The van der Waals surface area contributed by atoms with Crippen molar-refractivity contribution in [3.63, 3.8) is 0 Å². The van der Waals surface area contributed by atoms with Crippen LogP contribution in [0.1, 0.15) is 42.5 Å². The SMILES string of the molecule is O=C1CCCC1C1CCCN1C(=O)c1cncc(F)c1. The van der Waals surface area contributed by atoms with E-state index in [1.165, 1.54) is 12.3 Å². The Bertz CT molecular complexity index is 546. The molecule has 1 aliphatic carbocycles. The van der Waals surface area contributed by atoms with Gasteiger partial charge in [0.2, 0.25) is 0 Å². The number of Topliss-reactive ketones (excluding diaryl/α,β-unsaturated/α-hetero) is 1. The van der Waals surface area contributed by atoms with Crippen molar-refractivity contribution in [3.8, 4) is 0 Å². The molecular weight excluding hydrogens is 259 g/mol. The first-order chi connectivity index (χ1) is 9.66. The molecule has 1 aromatic rings. The van der Waals surface area contributed by atoms with Crippen LogP contribution in [0.5, 0.6) is 0 Å². The number of likely N-dealkylation sites (tertiary alicyclic amines) is 1. The Hall–Kier alpha value is -1.78. The maximum atomic E-state index is 13.2. The number of ketones is 1. The summed E-state index contributed by atoms with van der Waals surface area (Å²) in [4.78, 5) is 29.9. The highest BCUT2D eigenvalue weighted by atomic mass is 19.1. The number of carbonyl (C=O) groups excluding carboxylic acids is 2. The molecular formula is C15H17FN2O2. The van der Waals surface area contributed by atoms with Crippen molar-refractivity contribution < 1.29 is 14.0 Å². The van der Waals surface area contributed by atoms with E-state index in [-0.39, 0.29) is 29.2 Å². The van der Waals surface area contributed by atoms with Crippen LogP contribution in [0.25, 0.3) is 0 Å². The average molecular weight is 276 g/mol. The monoisotopic (exact) mass is 276 g/mol. The molecule has 0 spiro atoms. The predicted molar refractivity (Wildman–Crippen MR) is 70.6 cm³/mol. The number of amides is 1. The second kappa shape index (κ2) is 5.31. The summed E-state index contributed by atoms with van der Waals surface area (Å²) in [6, 6.07) is 1.20. The first kappa shape index (κ1) is 13.2. The van der Waals surface area contributed by atoms with Crippen LogP contribution in [-0.2, 0) is 4.79 Å². The molecule has 20 heavy (non-hydrogen) atoms. The van der Waals surface area contributed by atoms with Gasteiger partial charge in [0.05, 0.1) is 11.8 Å². The van der Waals surface area contributed by atoms with Gasteiger partial charge in [0.15, 0.2) is 0 Å². The van der Waals surface area contributed by atoms with Crippen molar-refractivity contribution in [2.75, 3.05) is 6.54 Å². The van der Waals surface area contributed by atoms with Gasteiger partial charge in [0.1, 0.15) is 11.6 Å². The van der Waals surface area contributed by atoms with Gasteiger partial charge in [-0.2, -0.15) is 0 Å². The standard InChI is InChI=1S/C15H17FN2O2/c16-11-7-10(8-17-9-11)15(20)18-6-2-4-13(18)12-3-1-5-14(12)19/h7-9,12-13H,1-6H2. The first-order valence-corrected chi connectivity index (χ1v) is 7.11. The lowest BCUT2D eigenvalue weighted by Crippen LogP contribution is -2.41. The van der Waals surface area contributed by atoms with Gasteiger partial charge in [-0.05, 0) is 31.7 Å². The van der Waals surface area contributed by atoms with Crippen LogP contribution in [0.3, 0.4) is 0 Å². The summed E-state index contributed by atoms with van der Waals surface area (Å²) in [6.45, 7) is 0.643. The predicted octanol–water partition coefficient (Wildman–Crippen LogP) is 2.19. The highest BCUT2D eigenvalue weighted by Gasteiger charge is 2.40. The minimum Gasteiger partial charge on any atom is -0.335 e. The molecule has 2 unspecified atom stereocenters. The zero-order valence-corrected chi connectivity index (χ0v) is 11.2. The van der Waals surface area contributed by atoms with Gasteiger partial charge in [-0.1, -0.05) is 0 Å². The second-order valence-corrected chi connectivity index (χ2v) is 5.56. The minimum absolute atomic E-state index is 0.0132. The van der Waals surface area contributed by atoms with Crippen LogP contribution in [0.15, 0.2) is 18.5 Å². The molecule has 1 aromatic heterocycles. The van der Waals surface area contributed by atoms with E-state index >= 15 is 0 Å². The Morgan fingerprint density at radius 3 is 2.85 bits per heavy atom. The number of hydrogen-bond acceptors (Lipinski definition) is 3.